The first-order chi connectivity index (χ1) is 12.5. The molecule has 0 saturated carbocycles. The quantitative estimate of drug-likeness (QED) is 0.709. The van der Waals surface area contributed by atoms with E-state index in [1.807, 2.05) is 0 Å². The summed E-state index contributed by atoms with van der Waals surface area (Å²) in [4.78, 5) is 36.3. The largest absolute Gasteiger partial charge is 0.364 e. The summed E-state index contributed by atoms with van der Waals surface area (Å²) in [5.74, 6) is -1.18. The molecule has 1 heterocycles. The number of nitrogens with one attached hydrogen (secondary N) is 1. The van der Waals surface area contributed by atoms with Crippen molar-refractivity contribution in [3.8, 4) is 0 Å². The molecule has 3 aromatic rings. The molecule has 0 bridgehead atoms. The van der Waals surface area contributed by atoms with Gasteiger partial charge in [-0.2, -0.15) is 5.10 Å². The predicted octanol–water partition coefficient (Wildman–Crippen LogP) is 1.47. The number of fused-ring (bicyclic) bond motifs is 1. The highest BCUT2D eigenvalue weighted by Gasteiger charge is 2.15. The van der Waals surface area contributed by atoms with E-state index in [1.165, 1.54) is 0 Å². The number of benzene rings is 2. The van der Waals surface area contributed by atoms with Crippen molar-refractivity contribution >= 4 is 34.2 Å². The number of nitrogens with two attached hydrogens (primary N) is 1. The Labute approximate surface area is 153 Å². The maximum absolute atomic E-state index is 12.5. The molecule has 7 nitrogen and oxygen atoms in total. The normalized spacial score (nSPS) is 10.7. The minimum Gasteiger partial charge on any atom is -0.364 e. The summed E-state index contributed by atoms with van der Waals surface area (Å²) >= 11 is 5.82. The van der Waals surface area contributed by atoms with Crippen LogP contribution in [0, 0.1) is 0 Å². The van der Waals surface area contributed by atoms with E-state index < -0.39 is 17.4 Å². The van der Waals surface area contributed by atoms with Crippen LogP contribution in [0.3, 0.4) is 0 Å². The lowest BCUT2D eigenvalue weighted by molar-refractivity contribution is -0.122. The number of rotatable bonds is 5. The van der Waals surface area contributed by atoms with Crippen LogP contribution in [0.2, 0.25) is 5.02 Å². The Bertz CT molecular complexity index is 1040. The molecule has 0 aliphatic carbocycles. The number of carbonyl (C=O) groups is 2. The van der Waals surface area contributed by atoms with Gasteiger partial charge in [0, 0.05) is 17.0 Å². The molecule has 0 atom stereocenters. The summed E-state index contributed by atoms with van der Waals surface area (Å²) in [6.45, 7) is -0.0431. The zero-order chi connectivity index (χ0) is 18.7. The van der Waals surface area contributed by atoms with Gasteiger partial charge < -0.3 is 11.1 Å². The highest BCUT2D eigenvalue weighted by molar-refractivity contribution is 6.30. The Morgan fingerprint density at radius 3 is 2.38 bits per heavy atom. The van der Waals surface area contributed by atoms with E-state index in [0.717, 1.165) is 10.2 Å². The van der Waals surface area contributed by atoms with Gasteiger partial charge in [0.05, 0.1) is 5.39 Å². The minimum absolute atomic E-state index is 0.0503. The third-order valence-electron chi connectivity index (χ3n) is 3.80. The average Bonchev–Trinajstić information content (AvgIpc) is 2.63. The topological polar surface area (TPSA) is 107 Å². The van der Waals surface area contributed by atoms with E-state index in [2.05, 4.69) is 10.4 Å². The molecular weight excluding hydrogens is 356 g/mol. The second-order valence-electron chi connectivity index (χ2n) is 5.62. The van der Waals surface area contributed by atoms with E-state index >= 15 is 0 Å². The van der Waals surface area contributed by atoms with Gasteiger partial charge in [-0.05, 0) is 23.8 Å². The molecule has 2 aromatic carbocycles. The smallest absolute Gasteiger partial charge is 0.275 e. The van der Waals surface area contributed by atoms with Gasteiger partial charge >= 0.3 is 0 Å². The van der Waals surface area contributed by atoms with E-state index in [9.17, 15) is 14.4 Å². The number of hydrogen-bond donors (Lipinski definition) is 2. The van der Waals surface area contributed by atoms with Crippen LogP contribution in [0.5, 0.6) is 0 Å². The lowest BCUT2D eigenvalue weighted by Crippen LogP contribution is -2.35. The van der Waals surface area contributed by atoms with Crippen molar-refractivity contribution in [3.05, 3.63) is 75.2 Å². The maximum Gasteiger partial charge on any atom is 0.275 e. The molecule has 8 heteroatoms. The summed E-state index contributed by atoms with van der Waals surface area (Å²) in [5.41, 5.74) is 5.69. The van der Waals surface area contributed by atoms with Crippen molar-refractivity contribution in [2.75, 3.05) is 0 Å². The molecule has 0 spiro atoms. The number of carbonyl (C=O) groups excluding carboxylic acids is 2. The zero-order valence-electron chi connectivity index (χ0n) is 13.6. The fraction of sp³-hybridized carbons (Fsp3) is 0.111. The van der Waals surface area contributed by atoms with Gasteiger partial charge in [0.2, 0.25) is 5.91 Å². The number of nitrogens with zero attached hydrogens (tertiary/aromatic N) is 2. The first-order valence-electron chi connectivity index (χ1n) is 7.76. The average molecular weight is 371 g/mol. The first kappa shape index (κ1) is 17.6. The number of aromatic nitrogens is 2. The molecule has 26 heavy (non-hydrogen) atoms. The van der Waals surface area contributed by atoms with Crippen LogP contribution in [-0.2, 0) is 17.9 Å². The molecule has 0 aliphatic rings. The van der Waals surface area contributed by atoms with Crippen LogP contribution in [0.4, 0.5) is 0 Å². The van der Waals surface area contributed by atoms with Gasteiger partial charge in [-0.3, -0.25) is 14.4 Å². The van der Waals surface area contributed by atoms with Crippen LogP contribution in [-0.4, -0.2) is 21.6 Å². The van der Waals surface area contributed by atoms with Crippen molar-refractivity contribution in [1.29, 1.82) is 0 Å². The highest BCUT2D eigenvalue weighted by atomic mass is 35.5. The zero-order valence-corrected chi connectivity index (χ0v) is 14.4. The second-order valence-corrected chi connectivity index (χ2v) is 6.06. The predicted molar refractivity (Wildman–Crippen MR) is 97.8 cm³/mol. The Morgan fingerprint density at radius 2 is 1.73 bits per heavy atom. The Kier molecular flexibility index (Phi) is 4.99. The number of primary amides is 1. The molecule has 132 valence electrons. The van der Waals surface area contributed by atoms with Crippen molar-refractivity contribution in [2.45, 2.75) is 13.1 Å². The monoisotopic (exact) mass is 370 g/mol. The summed E-state index contributed by atoms with van der Waals surface area (Å²) < 4.78 is 0.944. The van der Waals surface area contributed by atoms with Crippen LogP contribution in [0.1, 0.15) is 16.1 Å². The van der Waals surface area contributed by atoms with E-state index in [4.69, 9.17) is 17.3 Å². The Balaban J connectivity index is 1.82. The maximum atomic E-state index is 12.5. The summed E-state index contributed by atoms with van der Waals surface area (Å²) in [7, 11) is 0. The molecule has 0 fully saturated rings. The molecule has 0 saturated heterocycles. The van der Waals surface area contributed by atoms with Crippen molar-refractivity contribution < 1.29 is 9.59 Å². The van der Waals surface area contributed by atoms with Crippen LogP contribution < -0.4 is 16.6 Å². The molecule has 1 aromatic heterocycles. The molecule has 0 unspecified atom stereocenters. The Hall–Kier alpha value is -3.19. The minimum atomic E-state index is -0.767. The Morgan fingerprint density at radius 1 is 1.08 bits per heavy atom. The van der Waals surface area contributed by atoms with Gasteiger partial charge in [0.25, 0.3) is 11.5 Å². The van der Waals surface area contributed by atoms with E-state index in [1.54, 1.807) is 48.5 Å². The summed E-state index contributed by atoms with van der Waals surface area (Å²) in [5, 5.41) is 7.90. The van der Waals surface area contributed by atoms with Crippen LogP contribution >= 0.6 is 11.6 Å². The van der Waals surface area contributed by atoms with Crippen molar-refractivity contribution in [1.82, 2.24) is 15.1 Å². The van der Waals surface area contributed by atoms with Gasteiger partial charge in [-0.25, -0.2) is 4.68 Å². The SMILES string of the molecule is NC(=O)c1nn(CC(=O)NCc2ccc(Cl)cc2)c(=O)c2ccccc12. The number of amides is 2. The molecule has 0 radical (unpaired) electrons. The summed E-state index contributed by atoms with van der Waals surface area (Å²) in [6, 6.07) is 13.5. The van der Waals surface area contributed by atoms with Gasteiger partial charge in [-0.1, -0.05) is 41.9 Å². The van der Waals surface area contributed by atoms with E-state index in [-0.39, 0.29) is 24.2 Å². The molecule has 2 amide bonds. The third kappa shape index (κ3) is 3.73. The summed E-state index contributed by atoms with van der Waals surface area (Å²) in [6.07, 6.45) is 0. The van der Waals surface area contributed by atoms with Gasteiger partial charge in [0.15, 0.2) is 5.69 Å². The lowest BCUT2D eigenvalue weighted by Gasteiger charge is -2.10. The van der Waals surface area contributed by atoms with E-state index in [0.29, 0.717) is 10.4 Å². The molecular formula is C18H15ClN4O3. The van der Waals surface area contributed by atoms with Crippen LogP contribution in [0.15, 0.2) is 53.3 Å². The molecule has 0 aliphatic heterocycles. The second kappa shape index (κ2) is 7.37. The van der Waals surface area contributed by atoms with Gasteiger partial charge in [-0.15, -0.1) is 0 Å². The van der Waals surface area contributed by atoms with Crippen molar-refractivity contribution in [2.24, 2.45) is 5.73 Å². The fourth-order valence-electron chi connectivity index (χ4n) is 2.52. The molecule has 3 N–H and O–H groups in total. The first-order valence-corrected chi connectivity index (χ1v) is 8.14. The fourth-order valence-corrected chi connectivity index (χ4v) is 2.65. The third-order valence-corrected chi connectivity index (χ3v) is 4.05. The van der Waals surface area contributed by atoms with Crippen molar-refractivity contribution in [3.63, 3.8) is 0 Å². The molecule has 3 rings (SSSR count). The van der Waals surface area contributed by atoms with Crippen LogP contribution in [0.25, 0.3) is 10.8 Å². The van der Waals surface area contributed by atoms with Gasteiger partial charge in [0.1, 0.15) is 6.54 Å². The highest BCUT2D eigenvalue weighted by Crippen LogP contribution is 2.12. The standard InChI is InChI=1S/C18H15ClN4O3/c19-12-7-5-11(6-8-12)9-21-15(24)10-23-18(26)14-4-2-1-3-13(14)16(22-23)17(20)25/h1-8H,9-10H2,(H2,20,25)(H,21,24). The number of halogens is 1. The lowest BCUT2D eigenvalue weighted by atomic mass is 10.1. The number of hydrogen-bond acceptors (Lipinski definition) is 4.